The van der Waals surface area contributed by atoms with E-state index in [9.17, 15) is 13.2 Å². The summed E-state index contributed by atoms with van der Waals surface area (Å²) in [6, 6.07) is 16.3. The predicted octanol–water partition coefficient (Wildman–Crippen LogP) is 5.73. The molecular formula is C24H17F3N6O2. The van der Waals surface area contributed by atoms with Crippen LogP contribution in [0.15, 0.2) is 73.1 Å². The number of benzene rings is 2. The Hall–Kier alpha value is -4.67. The van der Waals surface area contributed by atoms with Gasteiger partial charge in [0.25, 0.3) is 0 Å². The number of aromatic nitrogens is 5. The van der Waals surface area contributed by atoms with E-state index < -0.39 is 6.36 Å². The molecule has 35 heavy (non-hydrogen) atoms. The summed E-state index contributed by atoms with van der Waals surface area (Å²) >= 11 is 0. The highest BCUT2D eigenvalue weighted by molar-refractivity contribution is 5.93. The molecule has 8 nitrogen and oxygen atoms in total. The van der Waals surface area contributed by atoms with E-state index in [1.807, 2.05) is 12.1 Å². The van der Waals surface area contributed by atoms with Crippen molar-refractivity contribution in [2.24, 2.45) is 0 Å². The van der Waals surface area contributed by atoms with Crippen LogP contribution in [0.3, 0.4) is 0 Å². The van der Waals surface area contributed by atoms with Crippen molar-refractivity contribution in [1.82, 2.24) is 25.1 Å². The van der Waals surface area contributed by atoms with Crippen LogP contribution in [0.5, 0.6) is 11.5 Å². The van der Waals surface area contributed by atoms with Gasteiger partial charge in [0.05, 0.1) is 18.3 Å². The number of halogens is 3. The molecular weight excluding hydrogens is 461 g/mol. The molecule has 0 aliphatic heterocycles. The number of fused-ring (bicyclic) bond motifs is 1. The van der Waals surface area contributed by atoms with Gasteiger partial charge in [0, 0.05) is 35.0 Å². The van der Waals surface area contributed by atoms with Gasteiger partial charge in [0.15, 0.2) is 11.6 Å². The Labute approximate surface area is 196 Å². The highest BCUT2D eigenvalue weighted by Gasteiger charge is 2.31. The molecule has 3 aromatic heterocycles. The Kier molecular flexibility index (Phi) is 5.65. The Balaban J connectivity index is 1.51. The Bertz CT molecular complexity index is 1490. The van der Waals surface area contributed by atoms with E-state index in [1.165, 1.54) is 18.2 Å². The van der Waals surface area contributed by atoms with Crippen molar-refractivity contribution in [2.45, 2.75) is 6.36 Å². The first-order chi connectivity index (χ1) is 16.9. The van der Waals surface area contributed by atoms with Crippen molar-refractivity contribution < 1.29 is 22.6 Å². The number of H-pyrrole nitrogens is 1. The molecule has 0 aliphatic rings. The molecule has 2 N–H and O–H groups in total. The molecule has 0 radical (unpaired) electrons. The smallest absolute Gasteiger partial charge is 0.497 e. The second-order valence-corrected chi connectivity index (χ2v) is 7.39. The molecule has 0 aliphatic carbocycles. The summed E-state index contributed by atoms with van der Waals surface area (Å²) in [7, 11) is 1.57. The van der Waals surface area contributed by atoms with Gasteiger partial charge in [0.2, 0.25) is 0 Å². The average Bonchev–Trinajstić information content (AvgIpc) is 3.32. The molecule has 0 bridgehead atoms. The minimum absolute atomic E-state index is 0.325. The van der Waals surface area contributed by atoms with E-state index in [0.29, 0.717) is 45.4 Å². The van der Waals surface area contributed by atoms with Gasteiger partial charge in [-0.25, -0.2) is 9.97 Å². The third kappa shape index (κ3) is 4.98. The Morgan fingerprint density at radius 1 is 0.914 bits per heavy atom. The molecule has 11 heteroatoms. The summed E-state index contributed by atoms with van der Waals surface area (Å²) in [6.45, 7) is 0. The molecule has 0 unspecified atom stereocenters. The summed E-state index contributed by atoms with van der Waals surface area (Å²) < 4.78 is 47.1. The van der Waals surface area contributed by atoms with Crippen LogP contribution in [0.25, 0.3) is 33.5 Å². The van der Waals surface area contributed by atoms with Crippen LogP contribution in [-0.2, 0) is 0 Å². The lowest BCUT2D eigenvalue weighted by Gasteiger charge is -2.10. The first-order valence-corrected chi connectivity index (χ1v) is 10.3. The fourth-order valence-electron chi connectivity index (χ4n) is 3.47. The van der Waals surface area contributed by atoms with Crippen molar-refractivity contribution >= 4 is 22.5 Å². The summed E-state index contributed by atoms with van der Waals surface area (Å²) in [5.41, 5.74) is 2.37. The summed E-state index contributed by atoms with van der Waals surface area (Å²) in [5, 5.41) is 10.9. The van der Waals surface area contributed by atoms with Gasteiger partial charge in [-0.3, -0.25) is 10.1 Å². The number of hydrogen-bond acceptors (Lipinski definition) is 7. The monoisotopic (exact) mass is 478 g/mol. The fourth-order valence-corrected chi connectivity index (χ4v) is 3.47. The van der Waals surface area contributed by atoms with Crippen LogP contribution in [0.4, 0.5) is 24.8 Å². The third-order valence-electron chi connectivity index (χ3n) is 5.03. The quantitative estimate of drug-likeness (QED) is 0.322. The second kappa shape index (κ2) is 8.93. The SMILES string of the molecule is COc1ccc2nc(-c3cccnc3)nc(Nc3cc(-c4cccc(OC(F)(F)F)c4)[nH]n3)c2c1. The topological polar surface area (TPSA) is 97.8 Å². The van der Waals surface area contributed by atoms with Gasteiger partial charge >= 0.3 is 6.36 Å². The molecule has 176 valence electrons. The highest BCUT2D eigenvalue weighted by atomic mass is 19.4. The van der Waals surface area contributed by atoms with Crippen molar-refractivity contribution in [3.05, 3.63) is 73.1 Å². The standard InChI is InChI=1S/C24H17F3N6O2/c1-34-16-7-8-19-18(11-16)23(31-22(29-19)15-5-3-9-28-13-15)30-21-12-20(32-33-21)14-4-2-6-17(10-14)35-24(25,26)27/h2-13H,1H3,(H2,29,30,31,32,33). The first-order valence-electron chi connectivity index (χ1n) is 10.3. The maximum atomic E-state index is 12.6. The van der Waals surface area contributed by atoms with Crippen LogP contribution in [0, 0.1) is 0 Å². The number of nitrogens with zero attached hydrogens (tertiary/aromatic N) is 4. The number of methoxy groups -OCH3 is 1. The van der Waals surface area contributed by atoms with Gasteiger partial charge in [-0.05, 0) is 42.5 Å². The van der Waals surface area contributed by atoms with Crippen molar-refractivity contribution in [2.75, 3.05) is 12.4 Å². The third-order valence-corrected chi connectivity index (χ3v) is 5.03. The van der Waals surface area contributed by atoms with Gasteiger partial charge in [-0.2, -0.15) is 5.10 Å². The Morgan fingerprint density at radius 3 is 2.54 bits per heavy atom. The average molecular weight is 478 g/mol. The van der Waals surface area contributed by atoms with Crippen LogP contribution in [0.1, 0.15) is 0 Å². The van der Waals surface area contributed by atoms with Crippen molar-refractivity contribution in [3.63, 3.8) is 0 Å². The zero-order chi connectivity index (χ0) is 24.4. The molecule has 5 rings (SSSR count). The summed E-state index contributed by atoms with van der Waals surface area (Å²) in [4.78, 5) is 13.4. The van der Waals surface area contributed by atoms with Crippen LogP contribution >= 0.6 is 0 Å². The van der Waals surface area contributed by atoms with Gasteiger partial charge in [-0.15, -0.1) is 13.2 Å². The van der Waals surface area contributed by atoms with E-state index in [4.69, 9.17) is 4.74 Å². The number of hydrogen-bond donors (Lipinski definition) is 2. The molecule has 0 saturated carbocycles. The fraction of sp³-hybridized carbons (Fsp3) is 0.0833. The lowest BCUT2D eigenvalue weighted by molar-refractivity contribution is -0.274. The zero-order valence-electron chi connectivity index (χ0n) is 18.2. The maximum absolute atomic E-state index is 12.6. The number of ether oxygens (including phenoxy) is 2. The predicted molar refractivity (Wildman–Crippen MR) is 123 cm³/mol. The number of rotatable bonds is 6. The van der Waals surface area contributed by atoms with E-state index in [2.05, 4.69) is 35.2 Å². The molecule has 3 heterocycles. The highest BCUT2D eigenvalue weighted by Crippen LogP contribution is 2.31. The maximum Gasteiger partial charge on any atom is 0.573 e. The van der Waals surface area contributed by atoms with E-state index in [-0.39, 0.29) is 5.75 Å². The van der Waals surface area contributed by atoms with Gasteiger partial charge in [0.1, 0.15) is 17.3 Å². The number of pyridine rings is 1. The largest absolute Gasteiger partial charge is 0.573 e. The van der Waals surface area contributed by atoms with Gasteiger partial charge < -0.3 is 14.8 Å². The van der Waals surface area contributed by atoms with Crippen molar-refractivity contribution in [1.29, 1.82) is 0 Å². The summed E-state index contributed by atoms with van der Waals surface area (Å²) in [5.74, 6) is 1.64. The molecule has 0 saturated heterocycles. The first kappa shape index (κ1) is 22.1. The lowest BCUT2D eigenvalue weighted by atomic mass is 10.1. The molecule has 2 aromatic carbocycles. The number of nitrogens with one attached hydrogen (secondary N) is 2. The molecule has 0 amide bonds. The normalized spacial score (nSPS) is 11.4. The summed E-state index contributed by atoms with van der Waals surface area (Å²) in [6.07, 6.45) is -1.45. The molecule has 0 atom stereocenters. The molecule has 0 fully saturated rings. The number of alkyl halides is 3. The number of aromatic amines is 1. The van der Waals surface area contributed by atoms with Crippen LogP contribution in [-0.4, -0.2) is 38.6 Å². The van der Waals surface area contributed by atoms with E-state index >= 15 is 0 Å². The Morgan fingerprint density at radius 2 is 1.77 bits per heavy atom. The lowest BCUT2D eigenvalue weighted by Crippen LogP contribution is -2.17. The zero-order valence-corrected chi connectivity index (χ0v) is 18.2. The minimum atomic E-state index is -4.78. The van der Waals surface area contributed by atoms with Crippen LogP contribution < -0.4 is 14.8 Å². The van der Waals surface area contributed by atoms with E-state index in [0.717, 1.165) is 5.56 Å². The molecule has 5 aromatic rings. The second-order valence-electron chi connectivity index (χ2n) is 7.39. The van der Waals surface area contributed by atoms with Gasteiger partial charge in [-0.1, -0.05) is 12.1 Å². The van der Waals surface area contributed by atoms with Crippen molar-refractivity contribution in [3.8, 4) is 34.1 Å². The molecule has 0 spiro atoms. The number of anilines is 2. The minimum Gasteiger partial charge on any atom is -0.497 e. The van der Waals surface area contributed by atoms with E-state index in [1.54, 1.807) is 49.8 Å². The van der Waals surface area contributed by atoms with Crippen LogP contribution in [0.2, 0.25) is 0 Å².